The van der Waals surface area contributed by atoms with Gasteiger partial charge in [0.05, 0.1) is 0 Å². The maximum Gasteiger partial charge on any atom is 0.405 e. The highest BCUT2D eigenvalue weighted by atomic mass is 16.6. The monoisotopic (exact) mass is 235 g/mol. The third-order valence-corrected chi connectivity index (χ3v) is 2.43. The molecule has 4 heteroatoms. The number of ether oxygens (including phenoxy) is 1. The van der Waals surface area contributed by atoms with E-state index in [2.05, 4.69) is 0 Å². The van der Waals surface area contributed by atoms with Crippen LogP contribution in [0.25, 0.3) is 0 Å². The van der Waals surface area contributed by atoms with E-state index < -0.39 is 12.2 Å². The van der Waals surface area contributed by atoms with Gasteiger partial charge in [0.25, 0.3) is 0 Å². The zero-order valence-corrected chi connectivity index (χ0v) is 9.89. The van der Waals surface area contributed by atoms with Gasteiger partial charge in [-0.15, -0.1) is 0 Å². The molecule has 0 radical (unpaired) electrons. The number of hydrogen-bond acceptors (Lipinski definition) is 3. The van der Waals surface area contributed by atoms with Gasteiger partial charge >= 0.3 is 6.09 Å². The maximum atomic E-state index is 12.1. The lowest BCUT2D eigenvalue weighted by Gasteiger charge is -2.15. The number of Topliss-reactive ketones (excluding diaryl/α,β-unsaturated/α-hetero) is 1. The van der Waals surface area contributed by atoms with Gasteiger partial charge < -0.3 is 10.5 Å². The number of benzene rings is 1. The van der Waals surface area contributed by atoms with E-state index in [-0.39, 0.29) is 5.78 Å². The van der Waals surface area contributed by atoms with Crippen LogP contribution >= 0.6 is 0 Å². The second kappa shape index (κ2) is 6.68. The van der Waals surface area contributed by atoms with Crippen LogP contribution in [-0.2, 0) is 4.74 Å². The van der Waals surface area contributed by atoms with Gasteiger partial charge in [0.15, 0.2) is 6.10 Å². The molecule has 1 aromatic carbocycles. The fourth-order valence-corrected chi connectivity index (χ4v) is 1.56. The van der Waals surface area contributed by atoms with Crippen molar-refractivity contribution in [3.05, 3.63) is 35.9 Å². The van der Waals surface area contributed by atoms with Crippen molar-refractivity contribution in [3.63, 3.8) is 0 Å². The highest BCUT2D eigenvalue weighted by Crippen LogP contribution is 2.12. The van der Waals surface area contributed by atoms with Crippen LogP contribution < -0.4 is 5.73 Å². The number of amides is 1. The fraction of sp³-hybridized carbons (Fsp3) is 0.385. The summed E-state index contributed by atoms with van der Waals surface area (Å²) in [5, 5.41) is 0. The Kier molecular flexibility index (Phi) is 5.20. The molecule has 0 saturated carbocycles. The quantitative estimate of drug-likeness (QED) is 0.770. The zero-order valence-electron chi connectivity index (χ0n) is 9.89. The van der Waals surface area contributed by atoms with Gasteiger partial charge in [0.1, 0.15) is 0 Å². The summed E-state index contributed by atoms with van der Waals surface area (Å²) in [5.74, 6) is -0.196. The molecule has 0 heterocycles. The molecule has 0 aromatic heterocycles. The molecule has 0 aliphatic rings. The lowest BCUT2D eigenvalue weighted by Crippen LogP contribution is -2.30. The molecular weight excluding hydrogens is 218 g/mol. The number of ketones is 1. The van der Waals surface area contributed by atoms with E-state index in [9.17, 15) is 9.59 Å². The summed E-state index contributed by atoms with van der Waals surface area (Å²) in [4.78, 5) is 22.8. The van der Waals surface area contributed by atoms with Crippen molar-refractivity contribution in [1.82, 2.24) is 0 Å². The first kappa shape index (κ1) is 13.2. The minimum Gasteiger partial charge on any atom is -0.438 e. The number of carbonyl (C=O) groups excluding carboxylic acids is 2. The van der Waals surface area contributed by atoms with Crippen LogP contribution in [0.5, 0.6) is 0 Å². The summed E-state index contributed by atoms with van der Waals surface area (Å²) in [5.41, 5.74) is 5.50. The Labute approximate surface area is 101 Å². The molecule has 92 valence electrons. The number of hydrogen-bond donors (Lipinski definition) is 1. The molecule has 0 aliphatic heterocycles. The van der Waals surface area contributed by atoms with Crippen molar-refractivity contribution in [2.75, 3.05) is 0 Å². The molecule has 1 amide bonds. The van der Waals surface area contributed by atoms with Crippen LogP contribution in [0, 0.1) is 0 Å². The standard InChI is InChI=1S/C13H17NO3/c1-2-3-9-11(17-13(14)16)12(15)10-7-5-4-6-8-10/h4-8,11H,2-3,9H2,1H3,(H2,14,16). The zero-order chi connectivity index (χ0) is 12.7. The average Bonchev–Trinajstić information content (AvgIpc) is 2.34. The van der Waals surface area contributed by atoms with Gasteiger partial charge in [-0.2, -0.15) is 0 Å². The van der Waals surface area contributed by atoms with E-state index >= 15 is 0 Å². The highest BCUT2D eigenvalue weighted by Gasteiger charge is 2.22. The van der Waals surface area contributed by atoms with Crippen molar-refractivity contribution in [3.8, 4) is 0 Å². The first-order chi connectivity index (χ1) is 8.15. The molecule has 0 bridgehead atoms. The van der Waals surface area contributed by atoms with E-state index in [0.717, 1.165) is 12.8 Å². The van der Waals surface area contributed by atoms with Gasteiger partial charge in [-0.1, -0.05) is 43.7 Å². The summed E-state index contributed by atoms with van der Waals surface area (Å²) in [6.45, 7) is 2.01. The van der Waals surface area contributed by atoms with E-state index in [1.165, 1.54) is 0 Å². The number of unbranched alkanes of at least 4 members (excludes halogenated alkanes) is 1. The molecule has 0 spiro atoms. The Balaban J connectivity index is 2.75. The molecule has 1 aromatic rings. The van der Waals surface area contributed by atoms with Crippen LogP contribution in [0.3, 0.4) is 0 Å². The van der Waals surface area contributed by atoms with Crippen molar-refractivity contribution in [1.29, 1.82) is 0 Å². The van der Waals surface area contributed by atoms with Crippen molar-refractivity contribution in [2.24, 2.45) is 5.73 Å². The Hall–Kier alpha value is -1.84. The lowest BCUT2D eigenvalue weighted by atomic mass is 10.0. The second-order valence-corrected chi connectivity index (χ2v) is 3.80. The molecule has 2 N–H and O–H groups in total. The summed E-state index contributed by atoms with van der Waals surface area (Å²) in [6, 6.07) is 8.77. The number of primary amides is 1. The van der Waals surface area contributed by atoms with Gasteiger partial charge in [0.2, 0.25) is 5.78 Å². The second-order valence-electron chi connectivity index (χ2n) is 3.80. The molecular formula is C13H17NO3. The maximum absolute atomic E-state index is 12.1. The molecule has 0 fully saturated rings. The van der Waals surface area contributed by atoms with Gasteiger partial charge in [-0.05, 0) is 12.8 Å². The van der Waals surface area contributed by atoms with E-state index in [0.29, 0.717) is 12.0 Å². The van der Waals surface area contributed by atoms with E-state index in [1.807, 2.05) is 13.0 Å². The molecule has 1 atom stereocenters. The average molecular weight is 235 g/mol. The summed E-state index contributed by atoms with van der Waals surface area (Å²) < 4.78 is 4.86. The predicted molar refractivity (Wildman–Crippen MR) is 64.8 cm³/mol. The summed E-state index contributed by atoms with van der Waals surface area (Å²) in [6.07, 6.45) is 0.579. The lowest BCUT2D eigenvalue weighted by molar-refractivity contribution is 0.0629. The third kappa shape index (κ3) is 4.26. The summed E-state index contributed by atoms with van der Waals surface area (Å²) in [7, 11) is 0. The van der Waals surface area contributed by atoms with E-state index in [4.69, 9.17) is 10.5 Å². The molecule has 0 saturated heterocycles. The Bertz CT molecular complexity index is 376. The fourth-order valence-electron chi connectivity index (χ4n) is 1.56. The van der Waals surface area contributed by atoms with Crippen LogP contribution in [0.2, 0.25) is 0 Å². The Morgan fingerprint density at radius 2 is 1.94 bits per heavy atom. The first-order valence-corrected chi connectivity index (χ1v) is 5.70. The number of rotatable bonds is 6. The van der Waals surface area contributed by atoms with Crippen molar-refractivity contribution < 1.29 is 14.3 Å². The van der Waals surface area contributed by atoms with Gasteiger partial charge in [0, 0.05) is 5.56 Å². The third-order valence-electron chi connectivity index (χ3n) is 2.43. The topological polar surface area (TPSA) is 69.4 Å². The van der Waals surface area contributed by atoms with E-state index in [1.54, 1.807) is 24.3 Å². The van der Waals surface area contributed by atoms with Crippen LogP contribution in [0.1, 0.15) is 36.5 Å². The highest BCUT2D eigenvalue weighted by molar-refractivity contribution is 6.00. The molecule has 1 rings (SSSR count). The van der Waals surface area contributed by atoms with Gasteiger partial charge in [-0.3, -0.25) is 4.79 Å². The minimum absolute atomic E-state index is 0.196. The van der Waals surface area contributed by atoms with Crippen molar-refractivity contribution in [2.45, 2.75) is 32.3 Å². The molecule has 4 nitrogen and oxygen atoms in total. The SMILES string of the molecule is CCCCC(OC(N)=O)C(=O)c1ccccc1. The van der Waals surface area contributed by atoms with Gasteiger partial charge in [-0.25, -0.2) is 4.79 Å². The normalized spacial score (nSPS) is 11.8. The van der Waals surface area contributed by atoms with Crippen LogP contribution in [0.4, 0.5) is 4.79 Å². The largest absolute Gasteiger partial charge is 0.438 e. The molecule has 17 heavy (non-hydrogen) atoms. The van der Waals surface area contributed by atoms with Crippen LogP contribution in [-0.4, -0.2) is 18.0 Å². The smallest absolute Gasteiger partial charge is 0.405 e. The Morgan fingerprint density at radius 1 is 1.29 bits per heavy atom. The summed E-state index contributed by atoms with van der Waals surface area (Å²) >= 11 is 0. The van der Waals surface area contributed by atoms with Crippen LogP contribution in [0.15, 0.2) is 30.3 Å². The van der Waals surface area contributed by atoms with Crippen molar-refractivity contribution >= 4 is 11.9 Å². The molecule has 1 unspecified atom stereocenters. The number of nitrogens with two attached hydrogens (primary N) is 1. The minimum atomic E-state index is -0.907. The predicted octanol–water partition coefficient (Wildman–Crippen LogP) is 2.52. The first-order valence-electron chi connectivity index (χ1n) is 5.70. The number of carbonyl (C=O) groups is 2. The Morgan fingerprint density at radius 3 is 2.47 bits per heavy atom. The molecule has 0 aliphatic carbocycles.